The highest BCUT2D eigenvalue weighted by atomic mass is 16.3. The third-order valence-corrected chi connectivity index (χ3v) is 5.09. The molecule has 2 N–H and O–H groups in total. The molecule has 2 atom stereocenters. The minimum absolute atomic E-state index is 0.0386. The van der Waals surface area contributed by atoms with Crippen molar-refractivity contribution < 1.29 is 5.11 Å². The molecular weight excluding hydrogens is 260 g/mol. The fraction of sp³-hybridized carbons (Fsp3) is 0.667. The molecule has 0 radical (unpaired) electrons. The summed E-state index contributed by atoms with van der Waals surface area (Å²) in [7, 11) is 0. The lowest BCUT2D eigenvalue weighted by atomic mass is 9.98. The van der Waals surface area contributed by atoms with Crippen LogP contribution in [-0.2, 0) is 0 Å². The molecule has 1 aromatic rings. The van der Waals surface area contributed by atoms with Crippen LogP contribution in [0.1, 0.15) is 44.6 Å². The van der Waals surface area contributed by atoms with E-state index >= 15 is 0 Å². The zero-order chi connectivity index (χ0) is 14.9. The molecule has 2 unspecified atom stereocenters. The summed E-state index contributed by atoms with van der Waals surface area (Å²) in [6, 6.07) is 9.98. The molecule has 0 saturated heterocycles. The molecule has 0 spiro atoms. The van der Waals surface area contributed by atoms with Crippen LogP contribution in [0.25, 0.3) is 0 Å². The average molecular weight is 288 g/mol. The van der Waals surface area contributed by atoms with Crippen molar-refractivity contribution in [1.82, 2.24) is 5.32 Å². The summed E-state index contributed by atoms with van der Waals surface area (Å²) in [6.07, 6.45) is 5.88. The summed E-state index contributed by atoms with van der Waals surface area (Å²) in [6.45, 7) is 5.68. The van der Waals surface area contributed by atoms with Gasteiger partial charge in [0.05, 0.1) is 6.61 Å². The molecule has 0 amide bonds. The molecule has 1 aromatic carbocycles. The van der Waals surface area contributed by atoms with Crippen molar-refractivity contribution in [3.63, 3.8) is 0 Å². The first-order valence-corrected chi connectivity index (χ1v) is 8.38. The van der Waals surface area contributed by atoms with Crippen LogP contribution in [0.4, 0.5) is 5.69 Å². The Morgan fingerprint density at radius 3 is 2.76 bits per heavy atom. The third kappa shape index (κ3) is 3.24. The fourth-order valence-corrected chi connectivity index (χ4v) is 3.80. The second-order valence-electron chi connectivity index (χ2n) is 6.88. The lowest BCUT2D eigenvalue weighted by molar-refractivity contribution is 0.161. The molecule has 116 valence electrons. The molecule has 2 aliphatic carbocycles. The van der Waals surface area contributed by atoms with E-state index in [9.17, 15) is 5.11 Å². The molecule has 0 heterocycles. The van der Waals surface area contributed by atoms with E-state index in [0.717, 1.165) is 19.4 Å². The Labute approximate surface area is 128 Å². The van der Waals surface area contributed by atoms with Gasteiger partial charge in [-0.25, -0.2) is 0 Å². The smallest absolute Gasteiger partial charge is 0.0614 e. The highest BCUT2D eigenvalue weighted by Gasteiger charge is 2.43. The largest absolute Gasteiger partial charge is 0.394 e. The van der Waals surface area contributed by atoms with Crippen LogP contribution >= 0.6 is 0 Å². The Bertz CT molecular complexity index is 486. The van der Waals surface area contributed by atoms with Crippen LogP contribution in [0, 0.1) is 6.92 Å². The van der Waals surface area contributed by atoms with Gasteiger partial charge in [-0.15, -0.1) is 0 Å². The number of benzene rings is 1. The number of rotatable bonds is 6. The zero-order valence-electron chi connectivity index (χ0n) is 13.3. The van der Waals surface area contributed by atoms with Gasteiger partial charge in [-0.2, -0.15) is 0 Å². The van der Waals surface area contributed by atoms with E-state index < -0.39 is 0 Å². The lowest BCUT2D eigenvalue weighted by Crippen LogP contribution is -2.49. The van der Waals surface area contributed by atoms with E-state index in [0.29, 0.717) is 12.1 Å². The van der Waals surface area contributed by atoms with Gasteiger partial charge in [0.15, 0.2) is 0 Å². The van der Waals surface area contributed by atoms with Gasteiger partial charge in [-0.05, 0) is 63.6 Å². The molecule has 2 aliphatic rings. The summed E-state index contributed by atoms with van der Waals surface area (Å²) in [5.41, 5.74) is 2.60. The second-order valence-corrected chi connectivity index (χ2v) is 6.88. The fourth-order valence-electron chi connectivity index (χ4n) is 3.80. The van der Waals surface area contributed by atoms with Crippen LogP contribution in [-0.4, -0.2) is 35.9 Å². The molecular formula is C18H28N2O. The second kappa shape index (κ2) is 5.98. The summed E-state index contributed by atoms with van der Waals surface area (Å²) in [4.78, 5) is 2.51. The number of nitrogens with one attached hydrogen (secondary N) is 1. The van der Waals surface area contributed by atoms with Crippen molar-refractivity contribution in [2.75, 3.05) is 18.1 Å². The number of aryl methyl sites for hydroxylation is 1. The van der Waals surface area contributed by atoms with Crippen LogP contribution < -0.4 is 10.2 Å². The van der Waals surface area contributed by atoms with Crippen LogP contribution in [0.3, 0.4) is 0 Å². The highest BCUT2D eigenvalue weighted by molar-refractivity contribution is 5.49. The van der Waals surface area contributed by atoms with E-state index in [2.05, 4.69) is 48.3 Å². The van der Waals surface area contributed by atoms with Gasteiger partial charge < -0.3 is 15.3 Å². The topological polar surface area (TPSA) is 35.5 Å². The molecule has 0 aromatic heterocycles. The Hall–Kier alpha value is -1.06. The summed E-state index contributed by atoms with van der Waals surface area (Å²) >= 11 is 0. The maximum absolute atomic E-state index is 9.90. The van der Waals surface area contributed by atoms with Gasteiger partial charge in [-0.3, -0.25) is 0 Å². The third-order valence-electron chi connectivity index (χ3n) is 5.09. The predicted octanol–water partition coefficient (Wildman–Crippen LogP) is 2.86. The van der Waals surface area contributed by atoms with Gasteiger partial charge in [0, 0.05) is 29.9 Å². The van der Waals surface area contributed by atoms with E-state index in [-0.39, 0.29) is 12.1 Å². The van der Waals surface area contributed by atoms with Crippen LogP contribution in [0.5, 0.6) is 0 Å². The molecule has 21 heavy (non-hydrogen) atoms. The first-order valence-electron chi connectivity index (χ1n) is 8.38. The van der Waals surface area contributed by atoms with Gasteiger partial charge in [0.2, 0.25) is 0 Å². The Morgan fingerprint density at radius 2 is 2.14 bits per heavy atom. The molecule has 2 fully saturated rings. The number of anilines is 1. The molecule has 0 aliphatic heterocycles. The minimum Gasteiger partial charge on any atom is -0.394 e. The Kier molecular flexibility index (Phi) is 4.23. The van der Waals surface area contributed by atoms with E-state index in [1.807, 2.05) is 0 Å². The normalized spacial score (nSPS) is 28.8. The van der Waals surface area contributed by atoms with Gasteiger partial charge in [-0.1, -0.05) is 12.1 Å². The van der Waals surface area contributed by atoms with Crippen molar-refractivity contribution in [3.8, 4) is 0 Å². The van der Waals surface area contributed by atoms with Crippen molar-refractivity contribution in [3.05, 3.63) is 29.8 Å². The van der Waals surface area contributed by atoms with E-state index in [1.165, 1.54) is 30.5 Å². The number of hydrogen-bond donors (Lipinski definition) is 2. The van der Waals surface area contributed by atoms with Crippen molar-refractivity contribution in [1.29, 1.82) is 0 Å². The molecule has 0 bridgehead atoms. The predicted molar refractivity (Wildman–Crippen MR) is 87.8 cm³/mol. The zero-order valence-corrected chi connectivity index (χ0v) is 13.3. The minimum atomic E-state index is -0.0386. The summed E-state index contributed by atoms with van der Waals surface area (Å²) < 4.78 is 0. The van der Waals surface area contributed by atoms with Crippen molar-refractivity contribution in [2.45, 2.75) is 63.6 Å². The van der Waals surface area contributed by atoms with E-state index in [1.54, 1.807) is 0 Å². The Morgan fingerprint density at radius 1 is 1.33 bits per heavy atom. The SMILES string of the molecule is CCN(c1cccc(C)c1)C1CCC(CO)(NC2CC2)C1. The molecule has 3 nitrogen and oxygen atoms in total. The summed E-state index contributed by atoms with van der Waals surface area (Å²) in [5, 5.41) is 13.6. The van der Waals surface area contributed by atoms with Gasteiger partial charge >= 0.3 is 0 Å². The monoisotopic (exact) mass is 288 g/mol. The molecule has 2 saturated carbocycles. The number of aliphatic hydroxyl groups excluding tert-OH is 1. The standard InChI is InChI=1S/C18H28N2O/c1-3-20(16-6-4-5-14(2)11-16)17-9-10-18(12-17,13-21)19-15-7-8-15/h4-6,11,15,17,19,21H,3,7-10,12-13H2,1-2H3. The number of aliphatic hydroxyl groups is 1. The average Bonchev–Trinajstić information content (AvgIpc) is 3.19. The number of nitrogens with zero attached hydrogens (tertiary/aromatic N) is 1. The van der Waals surface area contributed by atoms with Gasteiger partial charge in [0.1, 0.15) is 0 Å². The molecule has 3 heteroatoms. The maximum Gasteiger partial charge on any atom is 0.0614 e. The van der Waals surface area contributed by atoms with Gasteiger partial charge in [0.25, 0.3) is 0 Å². The number of hydrogen-bond acceptors (Lipinski definition) is 3. The van der Waals surface area contributed by atoms with E-state index in [4.69, 9.17) is 0 Å². The van der Waals surface area contributed by atoms with Crippen LogP contribution in [0.2, 0.25) is 0 Å². The van der Waals surface area contributed by atoms with Crippen LogP contribution in [0.15, 0.2) is 24.3 Å². The lowest BCUT2D eigenvalue weighted by Gasteiger charge is -2.33. The summed E-state index contributed by atoms with van der Waals surface area (Å²) in [5.74, 6) is 0. The molecule has 3 rings (SSSR count). The maximum atomic E-state index is 9.90. The van der Waals surface area contributed by atoms with Crippen molar-refractivity contribution >= 4 is 5.69 Å². The Balaban J connectivity index is 1.73. The first kappa shape index (κ1) is 14.9. The quantitative estimate of drug-likeness (QED) is 0.845. The van der Waals surface area contributed by atoms with Crippen molar-refractivity contribution in [2.24, 2.45) is 0 Å². The first-order chi connectivity index (χ1) is 10.2. The highest BCUT2D eigenvalue weighted by Crippen LogP contribution is 2.37.